The number of hydrogen-bond donors (Lipinski definition) is 4. The van der Waals surface area contributed by atoms with E-state index in [4.69, 9.17) is 14.9 Å². The topological polar surface area (TPSA) is 107 Å². The third kappa shape index (κ3) is 1.80. The zero-order chi connectivity index (χ0) is 10.2. The first-order valence-electron chi connectivity index (χ1n) is 3.79. The molecule has 1 rings (SSSR count). The van der Waals surface area contributed by atoms with E-state index in [9.17, 15) is 15.0 Å². The zero-order valence-corrected chi connectivity index (χ0v) is 7.04. The van der Waals surface area contributed by atoms with Crippen molar-refractivity contribution >= 4 is 5.97 Å². The second-order valence-electron chi connectivity index (χ2n) is 3.36. The minimum atomic E-state index is -1.82. The van der Waals surface area contributed by atoms with Crippen molar-refractivity contribution in [3.8, 4) is 0 Å². The molecule has 0 bridgehead atoms. The summed E-state index contributed by atoms with van der Waals surface area (Å²) < 4.78 is 4.77. The first kappa shape index (κ1) is 10.4. The molecule has 1 saturated heterocycles. The zero-order valence-electron chi connectivity index (χ0n) is 7.04. The average molecular weight is 192 g/mol. The molecule has 1 aliphatic rings. The van der Waals surface area contributed by atoms with Gasteiger partial charge in [0.25, 0.3) is 0 Å². The maximum Gasteiger partial charge on any atom is 0.335 e. The fraction of sp³-hybridized carbons (Fsp3) is 0.857. The molecule has 1 aliphatic heterocycles. The minimum Gasteiger partial charge on any atom is -0.479 e. The predicted molar refractivity (Wildman–Crippen MR) is 40.0 cm³/mol. The maximum atomic E-state index is 10.3. The van der Waals surface area contributed by atoms with Gasteiger partial charge in [-0.1, -0.05) is 0 Å². The Labute approximate surface area is 74.4 Å². The van der Waals surface area contributed by atoms with Crippen molar-refractivity contribution in [2.45, 2.75) is 30.8 Å². The van der Waals surface area contributed by atoms with Gasteiger partial charge >= 0.3 is 5.97 Å². The third-order valence-corrected chi connectivity index (χ3v) is 2.08. The Morgan fingerprint density at radius 3 is 2.54 bits per heavy atom. The Kier molecular flexibility index (Phi) is 2.58. The Morgan fingerprint density at radius 1 is 1.69 bits per heavy atom. The van der Waals surface area contributed by atoms with E-state index in [1.165, 1.54) is 6.92 Å². The molecular weight excluding hydrogens is 180 g/mol. The van der Waals surface area contributed by atoms with Gasteiger partial charge in [0.1, 0.15) is 17.8 Å². The monoisotopic (exact) mass is 192 g/mol. The highest BCUT2D eigenvalue weighted by atomic mass is 16.6. The number of aliphatic carboxylic acids is 1. The molecule has 6 heteroatoms. The maximum absolute atomic E-state index is 10.3. The van der Waals surface area contributed by atoms with Crippen LogP contribution in [0.15, 0.2) is 0 Å². The summed E-state index contributed by atoms with van der Waals surface area (Å²) in [6.45, 7) is 1.12. The predicted octanol–water partition coefficient (Wildman–Crippen LogP) is -2.06. The van der Waals surface area contributed by atoms with E-state index >= 15 is 0 Å². The van der Waals surface area contributed by atoms with Crippen LogP contribution in [0.5, 0.6) is 0 Å². The molecule has 6 nitrogen and oxygen atoms in total. The SMILES string of the molecule is C[C@]1(O)CO[C@H](C(O)C(=O)O)[C@H]1O. The number of ether oxygens (including phenoxy) is 1. The normalized spacial score (nSPS) is 41.8. The van der Waals surface area contributed by atoms with Crippen molar-refractivity contribution in [3.63, 3.8) is 0 Å². The lowest BCUT2D eigenvalue weighted by atomic mass is 9.96. The van der Waals surface area contributed by atoms with Crippen LogP contribution in [0.3, 0.4) is 0 Å². The van der Waals surface area contributed by atoms with Crippen LogP contribution >= 0.6 is 0 Å². The summed E-state index contributed by atoms with van der Waals surface area (Å²) in [5.41, 5.74) is -1.50. The van der Waals surface area contributed by atoms with Gasteiger partial charge in [-0.2, -0.15) is 0 Å². The van der Waals surface area contributed by atoms with E-state index in [2.05, 4.69) is 0 Å². The summed E-state index contributed by atoms with van der Waals surface area (Å²) in [4.78, 5) is 10.3. The summed E-state index contributed by atoms with van der Waals surface area (Å²) in [5.74, 6) is -1.48. The molecule has 4 N–H and O–H groups in total. The number of carboxylic acids is 1. The number of rotatable bonds is 2. The van der Waals surface area contributed by atoms with E-state index in [0.29, 0.717) is 0 Å². The lowest BCUT2D eigenvalue weighted by Crippen LogP contribution is -2.47. The van der Waals surface area contributed by atoms with Gasteiger partial charge in [0.2, 0.25) is 0 Å². The van der Waals surface area contributed by atoms with Crippen molar-refractivity contribution in [3.05, 3.63) is 0 Å². The molecule has 13 heavy (non-hydrogen) atoms. The molecule has 1 unspecified atom stereocenters. The second-order valence-corrected chi connectivity index (χ2v) is 3.36. The Balaban J connectivity index is 2.70. The number of hydrogen-bond acceptors (Lipinski definition) is 5. The van der Waals surface area contributed by atoms with Crippen molar-refractivity contribution in [2.75, 3.05) is 6.61 Å². The van der Waals surface area contributed by atoms with E-state index in [1.54, 1.807) is 0 Å². The lowest BCUT2D eigenvalue weighted by molar-refractivity contribution is -0.157. The van der Waals surface area contributed by atoms with Gasteiger partial charge in [0.15, 0.2) is 6.10 Å². The molecule has 0 aliphatic carbocycles. The summed E-state index contributed by atoms with van der Waals surface area (Å²) in [5, 5.41) is 36.2. The highest BCUT2D eigenvalue weighted by molar-refractivity contribution is 5.73. The van der Waals surface area contributed by atoms with E-state index in [0.717, 1.165) is 0 Å². The first-order chi connectivity index (χ1) is 5.86. The molecule has 1 fully saturated rings. The molecule has 76 valence electrons. The lowest BCUT2D eigenvalue weighted by Gasteiger charge is -2.22. The molecule has 0 aromatic rings. The molecule has 0 radical (unpaired) electrons. The Bertz CT molecular complexity index is 213. The summed E-state index contributed by atoms with van der Waals surface area (Å²) in [7, 11) is 0. The quantitative estimate of drug-likeness (QED) is 0.401. The van der Waals surface area contributed by atoms with Crippen LogP contribution in [0.4, 0.5) is 0 Å². The van der Waals surface area contributed by atoms with Gasteiger partial charge in [-0.25, -0.2) is 4.79 Å². The van der Waals surface area contributed by atoms with Crippen LogP contribution in [0, 0.1) is 0 Å². The smallest absolute Gasteiger partial charge is 0.335 e. The molecule has 1 heterocycles. The molecule has 0 saturated carbocycles. The highest BCUT2D eigenvalue weighted by Crippen LogP contribution is 2.26. The molecule has 0 aromatic carbocycles. The minimum absolute atomic E-state index is 0.191. The summed E-state index contributed by atoms with van der Waals surface area (Å²) >= 11 is 0. The molecule has 0 spiro atoms. The van der Waals surface area contributed by atoms with Crippen molar-refractivity contribution in [1.82, 2.24) is 0 Å². The highest BCUT2D eigenvalue weighted by Gasteiger charge is 2.49. The van der Waals surface area contributed by atoms with E-state index < -0.39 is 29.9 Å². The fourth-order valence-corrected chi connectivity index (χ4v) is 1.20. The van der Waals surface area contributed by atoms with E-state index in [-0.39, 0.29) is 6.61 Å². The van der Waals surface area contributed by atoms with Gasteiger partial charge in [-0.15, -0.1) is 0 Å². The number of carboxylic acid groups (broad SMARTS) is 1. The summed E-state index contributed by atoms with van der Waals surface area (Å²) in [6, 6.07) is 0. The fourth-order valence-electron chi connectivity index (χ4n) is 1.20. The molecule has 4 atom stereocenters. The van der Waals surface area contributed by atoms with Crippen molar-refractivity contribution in [2.24, 2.45) is 0 Å². The standard InChI is InChI=1S/C7H12O6/c1-7(12)2-13-4(5(7)9)3(8)6(10)11/h3-5,8-9,12H,2H2,1H3,(H,10,11)/t3?,4-,5-,7+/m1/s1. The van der Waals surface area contributed by atoms with Crippen LogP contribution in [-0.4, -0.2) is 56.9 Å². The number of aliphatic hydroxyl groups is 3. The summed E-state index contributed by atoms with van der Waals surface area (Å²) in [6.07, 6.45) is -4.48. The van der Waals surface area contributed by atoms with Crippen LogP contribution in [0.1, 0.15) is 6.92 Å². The van der Waals surface area contributed by atoms with Crippen molar-refractivity contribution < 1.29 is 30.0 Å². The van der Waals surface area contributed by atoms with Crippen molar-refractivity contribution in [1.29, 1.82) is 0 Å². The van der Waals surface area contributed by atoms with Gasteiger partial charge in [-0.3, -0.25) is 0 Å². The van der Waals surface area contributed by atoms with Gasteiger partial charge in [0, 0.05) is 0 Å². The molecular formula is C7H12O6. The van der Waals surface area contributed by atoms with E-state index in [1.807, 2.05) is 0 Å². The van der Waals surface area contributed by atoms with Crippen LogP contribution in [-0.2, 0) is 9.53 Å². The molecule has 0 aromatic heterocycles. The average Bonchev–Trinajstić information content (AvgIpc) is 2.27. The van der Waals surface area contributed by atoms with Gasteiger partial charge in [0.05, 0.1) is 6.61 Å². The number of aliphatic hydroxyl groups excluding tert-OH is 2. The van der Waals surface area contributed by atoms with Gasteiger partial charge < -0.3 is 25.2 Å². The Morgan fingerprint density at radius 2 is 2.23 bits per heavy atom. The third-order valence-electron chi connectivity index (χ3n) is 2.08. The van der Waals surface area contributed by atoms with Crippen LogP contribution in [0.25, 0.3) is 0 Å². The first-order valence-corrected chi connectivity index (χ1v) is 3.79. The largest absolute Gasteiger partial charge is 0.479 e. The van der Waals surface area contributed by atoms with Crippen LogP contribution in [0.2, 0.25) is 0 Å². The Hall–Kier alpha value is -0.690. The second kappa shape index (κ2) is 3.22. The van der Waals surface area contributed by atoms with Crippen LogP contribution < -0.4 is 0 Å². The molecule has 0 amide bonds. The number of carbonyl (C=O) groups is 1. The van der Waals surface area contributed by atoms with Gasteiger partial charge in [-0.05, 0) is 6.92 Å².